The summed E-state index contributed by atoms with van der Waals surface area (Å²) < 4.78 is 79.3. The third-order valence-electron chi connectivity index (χ3n) is 4.40. The Morgan fingerprint density at radius 1 is 0.622 bits per heavy atom. The molecule has 0 aromatic heterocycles. The van der Waals surface area contributed by atoms with E-state index in [1.54, 1.807) is 24.3 Å². The van der Waals surface area contributed by atoms with Gasteiger partial charge in [0.05, 0.1) is 0 Å². The molecule has 6 N–H and O–H groups in total. The van der Waals surface area contributed by atoms with Crippen molar-refractivity contribution in [2.45, 2.75) is 51.4 Å². The fourth-order valence-corrected chi connectivity index (χ4v) is 4.25. The normalized spacial score (nSPS) is 10.9. The molecule has 2 aromatic rings. The Labute approximate surface area is 215 Å². The molecule has 0 saturated carbocycles. The van der Waals surface area contributed by atoms with Crippen LogP contribution in [0.5, 0.6) is 0 Å². The minimum atomic E-state index is -4.62. The molecule has 0 spiro atoms. The van der Waals surface area contributed by atoms with Gasteiger partial charge in [0.25, 0.3) is 20.2 Å². The van der Waals surface area contributed by atoms with E-state index in [1.807, 2.05) is 0 Å². The zero-order chi connectivity index (χ0) is 28.5. The summed E-state index contributed by atoms with van der Waals surface area (Å²) in [6.45, 7) is 0. The Morgan fingerprint density at radius 2 is 0.919 bits per heavy atom. The molecule has 0 saturated heterocycles. The molecule has 2 rings (SSSR count). The highest BCUT2D eigenvalue weighted by molar-refractivity contribution is 8.02. The second-order valence-corrected chi connectivity index (χ2v) is 11.2. The summed E-state index contributed by atoms with van der Waals surface area (Å²) >= 11 is 0. The van der Waals surface area contributed by atoms with Gasteiger partial charge < -0.3 is 11.5 Å². The van der Waals surface area contributed by atoms with E-state index in [0.29, 0.717) is 12.8 Å². The average Bonchev–Trinajstić information content (AvgIpc) is 2.75. The number of carbonyl (C=O) groups is 2. The lowest BCUT2D eigenvalue weighted by atomic mass is 10.1. The predicted molar refractivity (Wildman–Crippen MR) is 134 cm³/mol. The number of amides is 2. The van der Waals surface area contributed by atoms with Gasteiger partial charge in [-0.2, -0.15) is 16.8 Å². The number of rotatable bonds is 12. The minimum Gasteiger partial charge on any atom is -0.370 e. The van der Waals surface area contributed by atoms with Gasteiger partial charge in [-0.25, -0.2) is 8.78 Å². The molecular weight excluding hydrogens is 534 g/mol. The fourth-order valence-electron chi connectivity index (χ4n) is 2.75. The number of unbranched alkanes of at least 4 members (excludes halogenated alkanes) is 2. The van der Waals surface area contributed by atoms with Gasteiger partial charge >= 0.3 is 0 Å². The van der Waals surface area contributed by atoms with Crippen molar-refractivity contribution in [1.29, 1.82) is 0 Å². The maximum atomic E-state index is 12.5. The third kappa shape index (κ3) is 23.2. The third-order valence-corrected chi connectivity index (χ3v) is 6.78. The molecule has 2 amide bonds. The summed E-state index contributed by atoms with van der Waals surface area (Å²) in [5.41, 5.74) is 12.2. The number of nitrogens with two attached hydrogens (primary N) is 2. The van der Waals surface area contributed by atoms with Crippen molar-refractivity contribution in [3.8, 4) is 0 Å². The number of primary amides is 2. The van der Waals surface area contributed by atoms with Crippen LogP contribution in [0.4, 0.5) is 8.78 Å². The molecule has 0 aliphatic carbocycles. The van der Waals surface area contributed by atoms with Crippen LogP contribution in [0.15, 0.2) is 48.5 Å². The van der Waals surface area contributed by atoms with Crippen LogP contribution < -0.4 is 11.5 Å². The van der Waals surface area contributed by atoms with E-state index in [4.69, 9.17) is 20.6 Å². The van der Waals surface area contributed by atoms with Crippen molar-refractivity contribution in [1.82, 2.24) is 0 Å². The van der Waals surface area contributed by atoms with Crippen LogP contribution in [0.1, 0.15) is 49.7 Å². The van der Waals surface area contributed by atoms with Crippen LogP contribution in [0.25, 0.3) is 0 Å². The molecule has 0 fully saturated rings. The summed E-state index contributed by atoms with van der Waals surface area (Å²) in [5.74, 6) is -0.954. The monoisotopic (exact) mass is 566 g/mol. The Kier molecular flexibility index (Phi) is 16.1. The van der Waals surface area contributed by atoms with Crippen LogP contribution in [0.3, 0.4) is 0 Å². The quantitative estimate of drug-likeness (QED) is 0.222. The summed E-state index contributed by atoms with van der Waals surface area (Å²) in [5, 5.41) is -1.65. The minimum absolute atomic E-state index is 0.217. The van der Waals surface area contributed by atoms with Gasteiger partial charge in [-0.1, -0.05) is 24.3 Å². The van der Waals surface area contributed by atoms with Crippen molar-refractivity contribution in [2.24, 2.45) is 11.5 Å². The van der Waals surface area contributed by atoms with E-state index < -0.39 is 25.3 Å². The standard InChI is InChI=1S/2C11H14FNO.CH4O6S2/c2*12-10-7-5-9(6-8-10)3-1-2-4-11(13)14;2-8(3,4)1-9(5,6)7/h2*5-8H,1-4H2,(H2,13,14);1H2,(H,2,3,4)(H,5,6,7). The van der Waals surface area contributed by atoms with E-state index in [9.17, 15) is 35.2 Å². The van der Waals surface area contributed by atoms with Crippen molar-refractivity contribution in [2.75, 3.05) is 5.08 Å². The van der Waals surface area contributed by atoms with Crippen molar-refractivity contribution >= 4 is 32.1 Å². The molecule has 14 heteroatoms. The second-order valence-electron chi connectivity index (χ2n) is 7.88. The summed E-state index contributed by atoms with van der Waals surface area (Å²) in [6, 6.07) is 12.8. The zero-order valence-electron chi connectivity index (χ0n) is 20.1. The molecule has 10 nitrogen and oxygen atoms in total. The Morgan fingerprint density at radius 3 is 1.14 bits per heavy atom. The van der Waals surface area contributed by atoms with E-state index in [-0.39, 0.29) is 23.4 Å². The van der Waals surface area contributed by atoms with Gasteiger partial charge in [0.1, 0.15) is 11.6 Å². The summed E-state index contributed by atoms with van der Waals surface area (Å²) in [4.78, 5) is 20.9. The first-order valence-electron chi connectivity index (χ1n) is 11.0. The summed E-state index contributed by atoms with van der Waals surface area (Å²) in [7, 11) is -9.24. The topological polar surface area (TPSA) is 195 Å². The van der Waals surface area contributed by atoms with E-state index in [1.165, 1.54) is 24.3 Å². The van der Waals surface area contributed by atoms with E-state index in [0.717, 1.165) is 49.7 Å². The molecule has 0 atom stereocenters. The number of carbonyl (C=O) groups excluding carboxylic acids is 2. The number of halogens is 2. The largest absolute Gasteiger partial charge is 0.370 e. The Hall–Kier alpha value is -2.94. The van der Waals surface area contributed by atoms with Gasteiger partial charge in [0.2, 0.25) is 16.9 Å². The lowest BCUT2D eigenvalue weighted by Gasteiger charge is -2.00. The van der Waals surface area contributed by atoms with E-state index >= 15 is 0 Å². The zero-order valence-corrected chi connectivity index (χ0v) is 21.7. The van der Waals surface area contributed by atoms with Crippen LogP contribution in [-0.4, -0.2) is 42.8 Å². The molecule has 0 aliphatic rings. The molecule has 0 unspecified atom stereocenters. The molecule has 208 valence electrons. The van der Waals surface area contributed by atoms with Crippen molar-refractivity contribution < 1.29 is 44.3 Å². The van der Waals surface area contributed by atoms with Crippen LogP contribution >= 0.6 is 0 Å². The molecular formula is C23H32F2N2O8S2. The highest BCUT2D eigenvalue weighted by atomic mass is 32.3. The van der Waals surface area contributed by atoms with Gasteiger partial charge in [-0.3, -0.25) is 18.7 Å². The van der Waals surface area contributed by atoms with Gasteiger partial charge in [0, 0.05) is 12.8 Å². The van der Waals surface area contributed by atoms with Gasteiger partial charge in [-0.05, 0) is 73.9 Å². The second kappa shape index (κ2) is 17.5. The molecule has 0 aliphatic heterocycles. The fraction of sp³-hybridized carbons (Fsp3) is 0.391. The van der Waals surface area contributed by atoms with Gasteiger partial charge in [-0.15, -0.1) is 0 Å². The molecule has 0 radical (unpaired) electrons. The van der Waals surface area contributed by atoms with E-state index in [2.05, 4.69) is 0 Å². The Balaban J connectivity index is 0.000000541. The lowest BCUT2D eigenvalue weighted by molar-refractivity contribution is -0.119. The summed E-state index contributed by atoms with van der Waals surface area (Å²) in [6.07, 6.45) is 6.02. The highest BCUT2D eigenvalue weighted by Crippen LogP contribution is 2.08. The van der Waals surface area contributed by atoms with Gasteiger partial charge in [0.15, 0.2) is 0 Å². The predicted octanol–water partition coefficient (Wildman–Crippen LogP) is 2.77. The highest BCUT2D eigenvalue weighted by Gasteiger charge is 2.15. The molecule has 37 heavy (non-hydrogen) atoms. The smallest absolute Gasteiger partial charge is 0.281 e. The first-order chi connectivity index (χ1) is 17.1. The van der Waals surface area contributed by atoms with Crippen LogP contribution in [0.2, 0.25) is 0 Å². The van der Waals surface area contributed by atoms with Crippen LogP contribution in [0, 0.1) is 11.6 Å². The van der Waals surface area contributed by atoms with Crippen LogP contribution in [-0.2, 0) is 42.7 Å². The first-order valence-corrected chi connectivity index (χ1v) is 14.2. The maximum Gasteiger partial charge on any atom is 0.281 e. The molecule has 0 bridgehead atoms. The number of benzene rings is 2. The van der Waals surface area contributed by atoms with Crippen molar-refractivity contribution in [3.05, 3.63) is 71.3 Å². The maximum absolute atomic E-state index is 12.5. The van der Waals surface area contributed by atoms with Crippen molar-refractivity contribution in [3.63, 3.8) is 0 Å². The number of hydrogen-bond donors (Lipinski definition) is 4. The Bertz CT molecular complexity index is 1080. The molecule has 0 heterocycles. The number of aryl methyl sites for hydroxylation is 2. The number of hydrogen-bond acceptors (Lipinski definition) is 6. The first kappa shape index (κ1) is 34.1. The molecule has 2 aromatic carbocycles. The lowest BCUT2D eigenvalue weighted by Crippen LogP contribution is -2.13. The average molecular weight is 567 g/mol. The SMILES string of the molecule is NC(=O)CCCCc1ccc(F)cc1.NC(=O)CCCCc1ccc(F)cc1.O=S(=O)(O)CS(=O)(=O)O.